The molecule has 27 heavy (non-hydrogen) atoms. The van der Waals surface area contributed by atoms with Crippen LogP contribution in [0.5, 0.6) is 11.5 Å². The van der Waals surface area contributed by atoms with E-state index in [9.17, 15) is 9.59 Å². The minimum absolute atomic E-state index is 0.166. The number of aryl methyl sites for hydroxylation is 1. The van der Waals surface area contributed by atoms with E-state index < -0.39 is 5.91 Å². The molecular weight excluding hydrogens is 412 g/mol. The summed E-state index contributed by atoms with van der Waals surface area (Å²) in [4.78, 5) is 26.7. The van der Waals surface area contributed by atoms with Crippen molar-refractivity contribution in [2.24, 2.45) is 0 Å². The Morgan fingerprint density at radius 1 is 1.07 bits per heavy atom. The smallest absolute Gasteiger partial charge is 0.291 e. The van der Waals surface area contributed by atoms with E-state index in [-0.39, 0.29) is 11.7 Å². The Bertz CT molecular complexity index is 1070. The van der Waals surface area contributed by atoms with Crippen LogP contribution in [0, 0.1) is 6.92 Å². The van der Waals surface area contributed by atoms with E-state index in [0.717, 1.165) is 5.56 Å². The first-order chi connectivity index (χ1) is 12.9. The SMILES string of the molecule is Cc1ccc2c(c1)N(C)C(=O)c1cc(NC(=O)c3ccc(Br)o3)ccc1O2. The van der Waals surface area contributed by atoms with Crippen molar-refractivity contribution in [1.82, 2.24) is 0 Å². The van der Waals surface area contributed by atoms with E-state index in [1.165, 1.54) is 0 Å². The second kappa shape index (κ2) is 6.59. The molecule has 4 rings (SSSR count). The second-order valence-electron chi connectivity index (χ2n) is 6.21. The maximum Gasteiger partial charge on any atom is 0.291 e. The molecule has 1 N–H and O–H groups in total. The standard InChI is InChI=1S/C20H15BrN2O4/c1-11-3-5-16-14(9-11)23(2)20(25)13-10-12(4-6-15(13)26-16)22-19(24)17-7-8-18(21)27-17/h3-10H,1-2H3,(H,22,24). The normalized spacial score (nSPS) is 12.7. The third-order valence-corrected chi connectivity index (χ3v) is 4.69. The third kappa shape index (κ3) is 3.21. The molecule has 0 fully saturated rings. The van der Waals surface area contributed by atoms with Gasteiger partial charge >= 0.3 is 0 Å². The lowest BCUT2D eigenvalue weighted by atomic mass is 10.1. The van der Waals surface area contributed by atoms with Crippen LogP contribution in [0.15, 0.2) is 57.6 Å². The molecule has 6 nitrogen and oxygen atoms in total. The van der Waals surface area contributed by atoms with Crippen molar-refractivity contribution in [1.29, 1.82) is 0 Å². The fourth-order valence-corrected chi connectivity index (χ4v) is 3.18. The van der Waals surface area contributed by atoms with Gasteiger partial charge in [0.25, 0.3) is 11.8 Å². The molecule has 0 saturated heterocycles. The number of rotatable bonds is 2. The van der Waals surface area contributed by atoms with Crippen LogP contribution in [0.4, 0.5) is 11.4 Å². The topological polar surface area (TPSA) is 71.8 Å². The first kappa shape index (κ1) is 17.4. The van der Waals surface area contributed by atoms with Crippen LogP contribution in [-0.4, -0.2) is 18.9 Å². The van der Waals surface area contributed by atoms with Gasteiger partial charge in [0.2, 0.25) is 0 Å². The molecule has 0 bridgehead atoms. The monoisotopic (exact) mass is 426 g/mol. The Kier molecular flexibility index (Phi) is 4.24. The second-order valence-corrected chi connectivity index (χ2v) is 6.99. The number of hydrogen-bond acceptors (Lipinski definition) is 4. The molecule has 2 aromatic carbocycles. The zero-order chi connectivity index (χ0) is 19.1. The summed E-state index contributed by atoms with van der Waals surface area (Å²) in [6.45, 7) is 1.96. The first-order valence-electron chi connectivity index (χ1n) is 8.19. The van der Waals surface area contributed by atoms with Gasteiger partial charge in [-0.25, -0.2) is 0 Å². The number of halogens is 1. The molecule has 0 atom stereocenters. The van der Waals surface area contributed by atoms with Gasteiger partial charge in [0.15, 0.2) is 16.2 Å². The molecule has 7 heteroatoms. The van der Waals surface area contributed by atoms with E-state index in [4.69, 9.17) is 9.15 Å². The fourth-order valence-electron chi connectivity index (χ4n) is 2.88. The van der Waals surface area contributed by atoms with Crippen LogP contribution in [0.3, 0.4) is 0 Å². The minimum atomic E-state index is -0.407. The minimum Gasteiger partial charge on any atom is -0.454 e. The van der Waals surface area contributed by atoms with E-state index in [1.54, 1.807) is 42.3 Å². The summed E-state index contributed by atoms with van der Waals surface area (Å²) in [6, 6.07) is 13.8. The number of furan rings is 1. The lowest BCUT2D eigenvalue weighted by Crippen LogP contribution is -2.25. The van der Waals surface area contributed by atoms with Crippen molar-refractivity contribution in [2.75, 3.05) is 17.3 Å². The molecule has 1 aromatic heterocycles. The van der Waals surface area contributed by atoms with Gasteiger partial charge in [-0.15, -0.1) is 0 Å². The number of nitrogens with one attached hydrogen (secondary N) is 1. The summed E-state index contributed by atoms with van der Waals surface area (Å²) in [5.74, 6) is 0.584. The lowest BCUT2D eigenvalue weighted by Gasteiger charge is -2.16. The average Bonchev–Trinajstić information content (AvgIpc) is 3.06. The summed E-state index contributed by atoms with van der Waals surface area (Å²) < 4.78 is 11.7. The van der Waals surface area contributed by atoms with Gasteiger partial charge < -0.3 is 19.4 Å². The summed E-state index contributed by atoms with van der Waals surface area (Å²) >= 11 is 3.16. The van der Waals surface area contributed by atoms with Gasteiger partial charge in [-0.3, -0.25) is 9.59 Å². The van der Waals surface area contributed by atoms with Crippen molar-refractivity contribution < 1.29 is 18.7 Å². The van der Waals surface area contributed by atoms with Crippen molar-refractivity contribution in [3.63, 3.8) is 0 Å². The highest BCUT2D eigenvalue weighted by atomic mass is 79.9. The zero-order valence-corrected chi connectivity index (χ0v) is 16.2. The third-order valence-electron chi connectivity index (χ3n) is 4.27. The van der Waals surface area contributed by atoms with Gasteiger partial charge in [0.1, 0.15) is 5.75 Å². The van der Waals surface area contributed by atoms with Crippen LogP contribution < -0.4 is 15.0 Å². The van der Waals surface area contributed by atoms with Gasteiger partial charge in [-0.05, 0) is 70.9 Å². The molecular formula is C20H15BrN2O4. The predicted octanol–water partition coefficient (Wildman–Crippen LogP) is 4.99. The van der Waals surface area contributed by atoms with Gasteiger partial charge in [0, 0.05) is 12.7 Å². The predicted molar refractivity (Wildman–Crippen MR) is 105 cm³/mol. The molecule has 2 amide bonds. The average molecular weight is 427 g/mol. The highest BCUT2D eigenvalue weighted by Gasteiger charge is 2.26. The Morgan fingerprint density at radius 2 is 1.85 bits per heavy atom. The molecule has 1 aliphatic rings. The molecule has 1 aliphatic heterocycles. The number of amides is 2. The zero-order valence-electron chi connectivity index (χ0n) is 14.6. The molecule has 2 heterocycles. The highest BCUT2D eigenvalue weighted by Crippen LogP contribution is 2.39. The van der Waals surface area contributed by atoms with Gasteiger partial charge in [-0.2, -0.15) is 0 Å². The van der Waals surface area contributed by atoms with E-state index in [2.05, 4.69) is 21.2 Å². The number of benzene rings is 2. The van der Waals surface area contributed by atoms with Crippen molar-refractivity contribution in [3.8, 4) is 11.5 Å². The van der Waals surface area contributed by atoms with E-state index in [0.29, 0.717) is 33.1 Å². The number of fused-ring (bicyclic) bond motifs is 2. The number of hydrogen-bond donors (Lipinski definition) is 1. The van der Waals surface area contributed by atoms with Gasteiger partial charge in [0.05, 0.1) is 11.3 Å². The lowest BCUT2D eigenvalue weighted by molar-refractivity contribution is 0.0984. The number of carbonyl (C=O) groups excluding carboxylic acids is 2. The Balaban J connectivity index is 1.67. The van der Waals surface area contributed by atoms with Crippen molar-refractivity contribution in [2.45, 2.75) is 6.92 Å². The van der Waals surface area contributed by atoms with Crippen LogP contribution >= 0.6 is 15.9 Å². The summed E-state index contributed by atoms with van der Waals surface area (Å²) in [7, 11) is 1.70. The Labute approximate surface area is 163 Å². The largest absolute Gasteiger partial charge is 0.454 e. The number of anilines is 2. The molecule has 0 unspecified atom stereocenters. The Morgan fingerprint density at radius 3 is 2.59 bits per heavy atom. The molecule has 0 saturated carbocycles. The molecule has 0 aliphatic carbocycles. The molecule has 0 spiro atoms. The van der Waals surface area contributed by atoms with Crippen molar-refractivity contribution in [3.05, 3.63) is 70.1 Å². The quantitative estimate of drug-likeness (QED) is 0.626. The number of carbonyl (C=O) groups is 2. The summed E-state index contributed by atoms with van der Waals surface area (Å²) in [5.41, 5.74) is 2.56. The van der Waals surface area contributed by atoms with E-state index in [1.807, 2.05) is 25.1 Å². The van der Waals surface area contributed by atoms with Crippen LogP contribution in [0.2, 0.25) is 0 Å². The summed E-state index contributed by atoms with van der Waals surface area (Å²) in [5, 5.41) is 2.73. The maximum absolute atomic E-state index is 12.9. The Hall–Kier alpha value is -3.06. The molecule has 0 radical (unpaired) electrons. The fraction of sp³-hybridized carbons (Fsp3) is 0.100. The van der Waals surface area contributed by atoms with E-state index >= 15 is 0 Å². The van der Waals surface area contributed by atoms with Gasteiger partial charge in [-0.1, -0.05) is 6.07 Å². The van der Waals surface area contributed by atoms with Crippen LogP contribution in [0.25, 0.3) is 0 Å². The maximum atomic E-state index is 12.9. The summed E-state index contributed by atoms with van der Waals surface area (Å²) in [6.07, 6.45) is 0. The number of nitrogens with zero attached hydrogens (tertiary/aromatic N) is 1. The first-order valence-corrected chi connectivity index (χ1v) is 8.99. The van der Waals surface area contributed by atoms with Crippen LogP contribution in [-0.2, 0) is 0 Å². The molecule has 3 aromatic rings. The van der Waals surface area contributed by atoms with Crippen molar-refractivity contribution >= 4 is 39.1 Å². The van der Waals surface area contributed by atoms with Crippen LogP contribution in [0.1, 0.15) is 26.5 Å². The number of ether oxygens (including phenoxy) is 1. The highest BCUT2D eigenvalue weighted by molar-refractivity contribution is 9.10. The molecule has 136 valence electrons.